The van der Waals surface area contributed by atoms with Gasteiger partial charge in [0.25, 0.3) is 0 Å². The van der Waals surface area contributed by atoms with E-state index in [4.69, 9.17) is 0 Å². The Kier molecular flexibility index (Phi) is 2.61. The van der Waals surface area contributed by atoms with Crippen molar-refractivity contribution in [3.05, 3.63) is 22.8 Å². The monoisotopic (exact) mass is 233 g/mol. The van der Waals surface area contributed by atoms with Gasteiger partial charge >= 0.3 is 0 Å². The van der Waals surface area contributed by atoms with E-state index in [0.717, 1.165) is 18.6 Å². The maximum absolute atomic E-state index is 4.62. The Morgan fingerprint density at radius 1 is 1.56 bits per heavy atom. The molecule has 0 amide bonds. The van der Waals surface area contributed by atoms with Gasteiger partial charge in [-0.2, -0.15) is 0 Å². The number of aromatic nitrogens is 2. The predicted octanol–water partition coefficient (Wildman–Crippen LogP) is 2.68. The molecule has 0 unspecified atom stereocenters. The Hall–Kier alpha value is -1.00. The van der Waals surface area contributed by atoms with E-state index in [2.05, 4.69) is 28.3 Å². The molecule has 2 aromatic heterocycles. The van der Waals surface area contributed by atoms with Crippen LogP contribution in [0.15, 0.2) is 12.3 Å². The summed E-state index contributed by atoms with van der Waals surface area (Å²) in [7, 11) is 0. The van der Waals surface area contributed by atoms with E-state index < -0.39 is 0 Å². The molecular weight excluding hydrogens is 218 g/mol. The van der Waals surface area contributed by atoms with Crippen molar-refractivity contribution in [1.82, 2.24) is 15.3 Å². The number of aryl methyl sites for hydroxylation is 1. The molecule has 0 radical (unpaired) electrons. The summed E-state index contributed by atoms with van der Waals surface area (Å²) in [5.74, 6) is 0. The highest BCUT2D eigenvalue weighted by atomic mass is 32.1. The highest BCUT2D eigenvalue weighted by Gasteiger charge is 2.20. The van der Waals surface area contributed by atoms with Crippen molar-refractivity contribution in [1.29, 1.82) is 0 Å². The zero-order valence-electron chi connectivity index (χ0n) is 9.36. The van der Waals surface area contributed by atoms with Crippen LogP contribution < -0.4 is 5.32 Å². The van der Waals surface area contributed by atoms with Gasteiger partial charge in [-0.1, -0.05) is 6.92 Å². The topological polar surface area (TPSA) is 37.8 Å². The standard InChI is InChI=1S/C12H15N3S/c1-2-8-6-10-11(14-7-8)15-12(16-10)9-4-3-5-13-9/h6-7,9,13H,2-5H2,1H3/t9-/m1/s1. The predicted molar refractivity (Wildman–Crippen MR) is 66.8 cm³/mol. The molecule has 2 aromatic rings. The van der Waals surface area contributed by atoms with Gasteiger partial charge in [-0.15, -0.1) is 11.3 Å². The summed E-state index contributed by atoms with van der Waals surface area (Å²) in [5, 5.41) is 4.68. The van der Waals surface area contributed by atoms with Crippen LogP contribution in [0.2, 0.25) is 0 Å². The first-order chi connectivity index (χ1) is 7.86. The maximum atomic E-state index is 4.62. The molecule has 0 aromatic carbocycles. The number of pyridine rings is 1. The number of nitrogens with one attached hydrogen (secondary N) is 1. The van der Waals surface area contributed by atoms with Gasteiger partial charge in [0.2, 0.25) is 0 Å². The molecule has 0 saturated carbocycles. The Morgan fingerprint density at radius 2 is 2.50 bits per heavy atom. The highest BCUT2D eigenvalue weighted by Crippen LogP contribution is 2.30. The van der Waals surface area contributed by atoms with Gasteiger partial charge in [0, 0.05) is 6.20 Å². The van der Waals surface area contributed by atoms with Gasteiger partial charge in [0.15, 0.2) is 5.65 Å². The average molecular weight is 233 g/mol. The summed E-state index contributed by atoms with van der Waals surface area (Å²) in [6, 6.07) is 2.68. The first-order valence-corrected chi connectivity index (χ1v) is 6.67. The fourth-order valence-electron chi connectivity index (χ4n) is 2.11. The molecular formula is C12H15N3S. The zero-order valence-corrected chi connectivity index (χ0v) is 10.2. The SMILES string of the molecule is CCc1cnc2nc([C@H]3CCCN3)sc2c1. The second-order valence-electron chi connectivity index (χ2n) is 4.22. The molecule has 0 bridgehead atoms. The van der Waals surface area contributed by atoms with Crippen molar-refractivity contribution in [3.8, 4) is 0 Å². The number of nitrogens with zero attached hydrogens (tertiary/aromatic N) is 2. The van der Waals surface area contributed by atoms with Gasteiger partial charge in [-0.05, 0) is 37.4 Å². The minimum absolute atomic E-state index is 0.462. The molecule has 1 fully saturated rings. The molecule has 1 atom stereocenters. The van der Waals surface area contributed by atoms with Crippen LogP contribution in [-0.4, -0.2) is 16.5 Å². The number of thiazole rings is 1. The van der Waals surface area contributed by atoms with Crippen molar-refractivity contribution in [2.24, 2.45) is 0 Å². The second kappa shape index (κ2) is 4.11. The lowest BCUT2D eigenvalue weighted by Crippen LogP contribution is -2.12. The van der Waals surface area contributed by atoms with Gasteiger partial charge in [-0.25, -0.2) is 9.97 Å². The lowest BCUT2D eigenvalue weighted by Gasteiger charge is -2.03. The molecule has 1 aliphatic rings. The van der Waals surface area contributed by atoms with Crippen molar-refractivity contribution in [2.75, 3.05) is 6.54 Å². The van der Waals surface area contributed by atoms with Crippen molar-refractivity contribution < 1.29 is 0 Å². The van der Waals surface area contributed by atoms with Crippen molar-refractivity contribution in [2.45, 2.75) is 32.2 Å². The largest absolute Gasteiger partial charge is 0.308 e. The van der Waals surface area contributed by atoms with Gasteiger partial charge < -0.3 is 5.32 Å². The molecule has 3 heterocycles. The van der Waals surface area contributed by atoms with Crippen molar-refractivity contribution >= 4 is 21.7 Å². The smallest absolute Gasteiger partial charge is 0.170 e. The lowest BCUT2D eigenvalue weighted by atomic mass is 10.2. The number of fused-ring (bicyclic) bond motifs is 1. The van der Waals surface area contributed by atoms with Gasteiger partial charge in [0.1, 0.15) is 5.01 Å². The fourth-order valence-corrected chi connectivity index (χ4v) is 3.22. The van der Waals surface area contributed by atoms with E-state index in [1.807, 2.05) is 6.20 Å². The molecule has 1 aliphatic heterocycles. The molecule has 16 heavy (non-hydrogen) atoms. The zero-order chi connectivity index (χ0) is 11.0. The first-order valence-electron chi connectivity index (χ1n) is 5.85. The van der Waals surface area contributed by atoms with Crippen LogP contribution in [-0.2, 0) is 6.42 Å². The van der Waals surface area contributed by atoms with Gasteiger partial charge in [0.05, 0.1) is 10.7 Å². The molecule has 84 valence electrons. The Bertz CT molecular complexity index is 500. The van der Waals surface area contributed by atoms with Crippen LogP contribution in [0.1, 0.15) is 36.4 Å². The number of rotatable bonds is 2. The summed E-state index contributed by atoms with van der Waals surface area (Å²) in [6.45, 7) is 3.28. The quantitative estimate of drug-likeness (QED) is 0.866. The number of hydrogen-bond donors (Lipinski definition) is 1. The molecule has 3 rings (SSSR count). The van der Waals surface area contributed by atoms with E-state index in [1.165, 1.54) is 28.1 Å². The molecule has 0 aliphatic carbocycles. The minimum Gasteiger partial charge on any atom is -0.308 e. The third-order valence-corrected chi connectivity index (χ3v) is 4.19. The molecule has 4 heteroatoms. The van der Waals surface area contributed by atoms with Gasteiger partial charge in [-0.3, -0.25) is 0 Å². The summed E-state index contributed by atoms with van der Waals surface area (Å²) >= 11 is 1.79. The Labute approximate surface area is 98.9 Å². The van der Waals surface area contributed by atoms with Crippen molar-refractivity contribution in [3.63, 3.8) is 0 Å². The van der Waals surface area contributed by atoms with Crippen LogP contribution in [0.4, 0.5) is 0 Å². The van der Waals surface area contributed by atoms with E-state index in [9.17, 15) is 0 Å². The van der Waals surface area contributed by atoms with E-state index in [0.29, 0.717) is 6.04 Å². The van der Waals surface area contributed by atoms with Crippen LogP contribution in [0.3, 0.4) is 0 Å². The lowest BCUT2D eigenvalue weighted by molar-refractivity contribution is 0.644. The Morgan fingerprint density at radius 3 is 3.25 bits per heavy atom. The third-order valence-electron chi connectivity index (χ3n) is 3.09. The highest BCUT2D eigenvalue weighted by molar-refractivity contribution is 7.18. The summed E-state index contributed by atoms with van der Waals surface area (Å²) in [4.78, 5) is 9.03. The summed E-state index contributed by atoms with van der Waals surface area (Å²) in [6.07, 6.45) is 5.44. The summed E-state index contributed by atoms with van der Waals surface area (Å²) < 4.78 is 1.23. The minimum atomic E-state index is 0.462. The summed E-state index contributed by atoms with van der Waals surface area (Å²) in [5.41, 5.74) is 2.20. The normalized spacial score (nSPS) is 20.7. The maximum Gasteiger partial charge on any atom is 0.170 e. The second-order valence-corrected chi connectivity index (χ2v) is 5.28. The third kappa shape index (κ3) is 1.72. The molecule has 1 saturated heterocycles. The molecule has 3 nitrogen and oxygen atoms in total. The van der Waals surface area contributed by atoms with Crippen LogP contribution >= 0.6 is 11.3 Å². The van der Waals surface area contributed by atoms with Crippen LogP contribution in [0.5, 0.6) is 0 Å². The molecule has 1 N–H and O–H groups in total. The Balaban J connectivity index is 2.01. The fraction of sp³-hybridized carbons (Fsp3) is 0.500. The van der Waals surface area contributed by atoms with E-state index >= 15 is 0 Å². The van der Waals surface area contributed by atoms with Crippen LogP contribution in [0.25, 0.3) is 10.3 Å². The first kappa shape index (κ1) is 10.2. The molecule has 0 spiro atoms. The average Bonchev–Trinajstić information content (AvgIpc) is 2.96. The van der Waals surface area contributed by atoms with Crippen LogP contribution in [0, 0.1) is 0 Å². The van der Waals surface area contributed by atoms with E-state index in [-0.39, 0.29) is 0 Å². The van der Waals surface area contributed by atoms with E-state index in [1.54, 1.807) is 11.3 Å². The number of hydrogen-bond acceptors (Lipinski definition) is 4.